The van der Waals surface area contributed by atoms with Gasteiger partial charge in [-0.05, 0) is 59.8 Å². The van der Waals surface area contributed by atoms with Crippen LogP contribution in [0.25, 0.3) is 0 Å². The van der Waals surface area contributed by atoms with E-state index < -0.39 is 0 Å². The molecule has 0 amide bonds. The van der Waals surface area contributed by atoms with Gasteiger partial charge in [-0.25, -0.2) is 0 Å². The lowest BCUT2D eigenvalue weighted by Crippen LogP contribution is -2.35. The van der Waals surface area contributed by atoms with Crippen molar-refractivity contribution in [2.24, 2.45) is 5.92 Å². The molecular formula is C13H18BrClN2. The first kappa shape index (κ1) is 13.3. The first-order valence-electron chi connectivity index (χ1n) is 6.16. The molecule has 1 fully saturated rings. The van der Waals surface area contributed by atoms with Crippen LogP contribution >= 0.6 is 27.5 Å². The molecule has 0 spiro atoms. The Bertz CT molecular complexity index is 340. The molecule has 1 aliphatic rings. The summed E-state index contributed by atoms with van der Waals surface area (Å²) in [6.07, 6.45) is 5.64. The molecule has 0 saturated carbocycles. The molecular weight excluding hydrogens is 300 g/mol. The highest BCUT2D eigenvalue weighted by Gasteiger charge is 2.19. The van der Waals surface area contributed by atoms with Gasteiger partial charge in [0.15, 0.2) is 0 Å². The van der Waals surface area contributed by atoms with Gasteiger partial charge in [0.1, 0.15) is 0 Å². The smallest absolute Gasteiger partial charge is 0.0544 e. The Morgan fingerprint density at radius 2 is 2.35 bits per heavy atom. The van der Waals surface area contributed by atoms with Crippen molar-refractivity contribution in [3.05, 3.63) is 28.5 Å². The van der Waals surface area contributed by atoms with Crippen molar-refractivity contribution in [2.45, 2.75) is 25.8 Å². The standard InChI is InChI=1S/C13H18BrClN2/c14-12-3-4-13(16-8-12)10-17-7-1-2-11(9-17)5-6-15/h3-4,8,11H,1-2,5-7,9-10H2. The summed E-state index contributed by atoms with van der Waals surface area (Å²) >= 11 is 9.23. The number of likely N-dealkylation sites (tertiary alicyclic amines) is 1. The number of rotatable bonds is 4. The Morgan fingerprint density at radius 1 is 1.47 bits per heavy atom. The summed E-state index contributed by atoms with van der Waals surface area (Å²) in [5, 5.41) is 0. The Kier molecular flexibility index (Phi) is 5.26. The number of hydrogen-bond acceptors (Lipinski definition) is 2. The zero-order valence-electron chi connectivity index (χ0n) is 9.91. The van der Waals surface area contributed by atoms with Gasteiger partial charge in [-0.15, -0.1) is 11.6 Å². The van der Waals surface area contributed by atoms with E-state index in [2.05, 4.69) is 37.9 Å². The van der Waals surface area contributed by atoms with Crippen LogP contribution in [0.15, 0.2) is 22.8 Å². The van der Waals surface area contributed by atoms with E-state index in [9.17, 15) is 0 Å². The average Bonchev–Trinajstić information content (AvgIpc) is 2.33. The molecule has 94 valence electrons. The highest BCUT2D eigenvalue weighted by Crippen LogP contribution is 2.21. The van der Waals surface area contributed by atoms with Gasteiger partial charge in [0.05, 0.1) is 5.69 Å². The molecule has 1 saturated heterocycles. The van der Waals surface area contributed by atoms with Gasteiger partial charge in [-0.2, -0.15) is 0 Å². The van der Waals surface area contributed by atoms with Crippen LogP contribution < -0.4 is 0 Å². The summed E-state index contributed by atoms with van der Waals surface area (Å²) in [6.45, 7) is 3.33. The van der Waals surface area contributed by atoms with E-state index in [4.69, 9.17) is 11.6 Å². The van der Waals surface area contributed by atoms with E-state index in [0.29, 0.717) is 0 Å². The van der Waals surface area contributed by atoms with Crippen LogP contribution in [0.4, 0.5) is 0 Å². The second-order valence-corrected chi connectivity index (χ2v) is 5.98. The van der Waals surface area contributed by atoms with E-state index in [-0.39, 0.29) is 0 Å². The van der Waals surface area contributed by atoms with Gasteiger partial charge in [-0.1, -0.05) is 0 Å². The summed E-state index contributed by atoms with van der Waals surface area (Å²) in [5.74, 6) is 1.56. The molecule has 0 N–H and O–H groups in total. The SMILES string of the molecule is ClCCC1CCCN(Cc2ccc(Br)cn2)C1. The van der Waals surface area contributed by atoms with Gasteiger partial charge < -0.3 is 0 Å². The topological polar surface area (TPSA) is 16.1 Å². The summed E-state index contributed by atoms with van der Waals surface area (Å²) in [4.78, 5) is 6.93. The Balaban J connectivity index is 1.87. The molecule has 1 atom stereocenters. The normalized spacial score (nSPS) is 21.6. The van der Waals surface area contributed by atoms with E-state index in [1.165, 1.54) is 25.9 Å². The lowest BCUT2D eigenvalue weighted by Gasteiger charge is -2.32. The van der Waals surface area contributed by atoms with Crippen molar-refractivity contribution >= 4 is 27.5 Å². The second kappa shape index (κ2) is 6.72. The molecule has 1 aromatic rings. The first-order chi connectivity index (χ1) is 8.28. The van der Waals surface area contributed by atoms with Crippen molar-refractivity contribution in [1.82, 2.24) is 9.88 Å². The van der Waals surface area contributed by atoms with Gasteiger partial charge in [0.25, 0.3) is 0 Å². The molecule has 1 aliphatic heterocycles. The molecule has 2 nitrogen and oxygen atoms in total. The van der Waals surface area contributed by atoms with E-state index in [0.717, 1.165) is 34.9 Å². The molecule has 0 bridgehead atoms. The average molecular weight is 318 g/mol. The monoisotopic (exact) mass is 316 g/mol. The minimum Gasteiger partial charge on any atom is -0.297 e. The predicted octanol–water partition coefficient (Wildman–Crippen LogP) is 3.69. The van der Waals surface area contributed by atoms with Gasteiger partial charge in [0, 0.05) is 29.6 Å². The summed E-state index contributed by atoms with van der Waals surface area (Å²) < 4.78 is 1.04. The number of alkyl halides is 1. The summed E-state index contributed by atoms with van der Waals surface area (Å²) in [7, 11) is 0. The van der Waals surface area contributed by atoms with Crippen molar-refractivity contribution < 1.29 is 0 Å². The van der Waals surface area contributed by atoms with E-state index >= 15 is 0 Å². The molecule has 0 aromatic carbocycles. The van der Waals surface area contributed by atoms with Crippen LogP contribution in [0.1, 0.15) is 25.0 Å². The zero-order chi connectivity index (χ0) is 12.1. The fourth-order valence-corrected chi connectivity index (χ4v) is 2.96. The molecule has 2 rings (SSSR count). The molecule has 0 aliphatic carbocycles. The van der Waals surface area contributed by atoms with Crippen LogP contribution in [-0.2, 0) is 6.54 Å². The number of aromatic nitrogens is 1. The molecule has 4 heteroatoms. The summed E-state index contributed by atoms with van der Waals surface area (Å²) in [6, 6.07) is 4.15. The quantitative estimate of drug-likeness (QED) is 0.787. The lowest BCUT2D eigenvalue weighted by atomic mass is 9.95. The van der Waals surface area contributed by atoms with Crippen LogP contribution in [0.2, 0.25) is 0 Å². The van der Waals surface area contributed by atoms with Crippen LogP contribution in [-0.4, -0.2) is 28.9 Å². The third kappa shape index (κ3) is 4.23. The number of pyridine rings is 1. The second-order valence-electron chi connectivity index (χ2n) is 4.69. The third-order valence-electron chi connectivity index (χ3n) is 3.29. The minimum absolute atomic E-state index is 0.775. The van der Waals surface area contributed by atoms with Crippen molar-refractivity contribution in [2.75, 3.05) is 19.0 Å². The number of halogens is 2. The summed E-state index contributed by atoms with van der Waals surface area (Å²) in [5.41, 5.74) is 1.15. The van der Waals surface area contributed by atoms with Gasteiger partial charge >= 0.3 is 0 Å². The maximum atomic E-state index is 5.82. The number of piperidine rings is 1. The predicted molar refractivity (Wildman–Crippen MR) is 75.3 cm³/mol. The maximum Gasteiger partial charge on any atom is 0.0544 e. The first-order valence-corrected chi connectivity index (χ1v) is 7.49. The van der Waals surface area contributed by atoms with Crippen molar-refractivity contribution in [3.8, 4) is 0 Å². The van der Waals surface area contributed by atoms with Crippen LogP contribution in [0, 0.1) is 5.92 Å². The molecule has 1 aromatic heterocycles. The van der Waals surface area contributed by atoms with Crippen LogP contribution in [0.5, 0.6) is 0 Å². The Hall–Kier alpha value is -0.120. The highest BCUT2D eigenvalue weighted by molar-refractivity contribution is 9.10. The van der Waals surface area contributed by atoms with Crippen molar-refractivity contribution in [3.63, 3.8) is 0 Å². The van der Waals surface area contributed by atoms with Gasteiger partial charge in [0.2, 0.25) is 0 Å². The largest absolute Gasteiger partial charge is 0.297 e. The molecule has 0 radical (unpaired) electrons. The highest BCUT2D eigenvalue weighted by atomic mass is 79.9. The third-order valence-corrected chi connectivity index (χ3v) is 3.98. The fraction of sp³-hybridized carbons (Fsp3) is 0.615. The fourth-order valence-electron chi connectivity index (χ4n) is 2.41. The van der Waals surface area contributed by atoms with Gasteiger partial charge in [-0.3, -0.25) is 9.88 Å². The zero-order valence-corrected chi connectivity index (χ0v) is 12.3. The molecule has 2 heterocycles. The Morgan fingerprint density at radius 3 is 3.06 bits per heavy atom. The van der Waals surface area contributed by atoms with Crippen LogP contribution in [0.3, 0.4) is 0 Å². The minimum atomic E-state index is 0.775. The maximum absolute atomic E-state index is 5.82. The molecule has 17 heavy (non-hydrogen) atoms. The lowest BCUT2D eigenvalue weighted by molar-refractivity contribution is 0.163. The van der Waals surface area contributed by atoms with E-state index in [1.807, 2.05) is 6.20 Å². The number of hydrogen-bond donors (Lipinski definition) is 0. The van der Waals surface area contributed by atoms with E-state index in [1.54, 1.807) is 0 Å². The Labute approximate surface area is 116 Å². The molecule has 1 unspecified atom stereocenters. The van der Waals surface area contributed by atoms with Crippen molar-refractivity contribution in [1.29, 1.82) is 0 Å². The number of nitrogens with zero attached hydrogens (tertiary/aromatic N) is 2.